The molecule has 1 N–H and O–H groups in total. The second-order valence-electron chi connectivity index (χ2n) is 7.99. The first-order valence-corrected chi connectivity index (χ1v) is 10.4. The molecule has 0 unspecified atom stereocenters. The summed E-state index contributed by atoms with van der Waals surface area (Å²) >= 11 is 0. The normalized spacial score (nSPS) is 16.2. The molecular weight excluding hydrogens is 450 g/mol. The molecule has 3 rings (SSSR count). The Bertz CT molecular complexity index is 933. The fourth-order valence-electron chi connectivity index (χ4n) is 3.83. The number of aliphatic hydroxyl groups is 1. The maximum Gasteiger partial charge on any atom is 0.430 e. The molecule has 0 saturated carbocycles. The number of carbonyl (C=O) groups is 1. The molecule has 1 heterocycles. The Kier molecular flexibility index (Phi) is 7.09. The molecule has 4 nitrogen and oxygen atoms in total. The maximum atomic E-state index is 13.0. The third-order valence-electron chi connectivity index (χ3n) is 5.84. The Balaban J connectivity index is 1.69. The third-order valence-corrected chi connectivity index (χ3v) is 5.84. The largest absolute Gasteiger partial charge is 0.430 e. The highest BCUT2D eigenvalue weighted by Gasteiger charge is 2.71. The van der Waals surface area contributed by atoms with E-state index in [0.717, 1.165) is 30.8 Å². The van der Waals surface area contributed by atoms with E-state index in [1.807, 2.05) is 24.0 Å². The summed E-state index contributed by atoms with van der Waals surface area (Å²) in [6, 6.07) is 10.7. The minimum absolute atomic E-state index is 0.133. The molecular formula is C23H24F6N2O2. The zero-order chi connectivity index (χ0) is 24.4. The van der Waals surface area contributed by atoms with Crippen molar-refractivity contribution in [1.29, 1.82) is 0 Å². The van der Waals surface area contributed by atoms with Gasteiger partial charge in [0.15, 0.2) is 0 Å². The van der Waals surface area contributed by atoms with Gasteiger partial charge in [-0.25, -0.2) is 0 Å². The molecule has 1 aliphatic rings. The Morgan fingerprint density at radius 2 is 1.27 bits per heavy atom. The van der Waals surface area contributed by atoms with Gasteiger partial charge in [0.2, 0.25) is 5.91 Å². The highest BCUT2D eigenvalue weighted by molar-refractivity contribution is 5.75. The van der Waals surface area contributed by atoms with E-state index in [1.165, 1.54) is 0 Å². The summed E-state index contributed by atoms with van der Waals surface area (Å²) in [5.41, 5.74) is -4.19. The van der Waals surface area contributed by atoms with Crippen molar-refractivity contribution in [1.82, 2.24) is 9.80 Å². The summed E-state index contributed by atoms with van der Waals surface area (Å²) < 4.78 is 78.2. The van der Waals surface area contributed by atoms with E-state index in [2.05, 4.69) is 4.90 Å². The molecule has 33 heavy (non-hydrogen) atoms. The fourth-order valence-corrected chi connectivity index (χ4v) is 3.83. The van der Waals surface area contributed by atoms with Crippen LogP contribution in [-0.2, 0) is 16.9 Å². The highest BCUT2D eigenvalue weighted by atomic mass is 19.4. The van der Waals surface area contributed by atoms with Crippen molar-refractivity contribution in [3.8, 4) is 11.1 Å². The van der Waals surface area contributed by atoms with Crippen LogP contribution in [0.15, 0.2) is 48.5 Å². The number of halogens is 6. The van der Waals surface area contributed by atoms with E-state index in [1.54, 1.807) is 12.1 Å². The lowest BCUT2D eigenvalue weighted by Crippen LogP contribution is -2.53. The van der Waals surface area contributed by atoms with Gasteiger partial charge in [-0.1, -0.05) is 55.5 Å². The van der Waals surface area contributed by atoms with Crippen molar-refractivity contribution in [3.63, 3.8) is 0 Å². The summed E-state index contributed by atoms with van der Waals surface area (Å²) in [7, 11) is 0. The van der Waals surface area contributed by atoms with Crippen LogP contribution in [0.3, 0.4) is 0 Å². The number of carbonyl (C=O) groups excluding carboxylic acids is 1. The second-order valence-corrected chi connectivity index (χ2v) is 7.99. The van der Waals surface area contributed by atoms with E-state index in [-0.39, 0.29) is 5.91 Å². The van der Waals surface area contributed by atoms with Crippen LogP contribution in [0.2, 0.25) is 0 Å². The van der Waals surface area contributed by atoms with Crippen molar-refractivity contribution in [2.75, 3.05) is 26.2 Å². The number of nitrogens with zero attached hydrogens (tertiary/aromatic N) is 2. The van der Waals surface area contributed by atoms with Crippen LogP contribution in [0.1, 0.15) is 24.5 Å². The smallest absolute Gasteiger partial charge is 0.369 e. The zero-order valence-corrected chi connectivity index (χ0v) is 17.9. The van der Waals surface area contributed by atoms with Crippen LogP contribution in [0.25, 0.3) is 11.1 Å². The summed E-state index contributed by atoms with van der Waals surface area (Å²) in [5.74, 6) is 0.133. The van der Waals surface area contributed by atoms with Gasteiger partial charge in [-0.3, -0.25) is 9.69 Å². The van der Waals surface area contributed by atoms with E-state index in [4.69, 9.17) is 0 Å². The lowest BCUT2D eigenvalue weighted by Gasteiger charge is -2.34. The van der Waals surface area contributed by atoms with Crippen molar-refractivity contribution in [2.24, 2.45) is 0 Å². The lowest BCUT2D eigenvalue weighted by atomic mass is 9.90. The van der Waals surface area contributed by atoms with Crippen LogP contribution in [0.5, 0.6) is 0 Å². The van der Waals surface area contributed by atoms with Crippen molar-refractivity contribution >= 4 is 5.91 Å². The van der Waals surface area contributed by atoms with Crippen molar-refractivity contribution in [3.05, 3.63) is 59.7 Å². The Morgan fingerprint density at radius 3 is 1.70 bits per heavy atom. The van der Waals surface area contributed by atoms with Gasteiger partial charge < -0.3 is 10.0 Å². The molecule has 0 bridgehead atoms. The monoisotopic (exact) mass is 474 g/mol. The predicted molar refractivity (Wildman–Crippen MR) is 110 cm³/mol. The molecule has 0 aromatic heterocycles. The molecule has 2 aromatic rings. The summed E-state index contributed by atoms with van der Waals surface area (Å²) in [6.07, 6.45) is -11.3. The van der Waals surface area contributed by atoms with Gasteiger partial charge in [0.1, 0.15) is 0 Å². The summed E-state index contributed by atoms with van der Waals surface area (Å²) in [4.78, 5) is 15.8. The molecule has 0 radical (unpaired) electrons. The molecule has 2 aromatic carbocycles. The minimum atomic E-state index is -5.91. The molecule has 180 valence electrons. The van der Waals surface area contributed by atoms with Gasteiger partial charge in [0, 0.05) is 44.7 Å². The molecule has 0 aliphatic carbocycles. The average Bonchev–Trinajstić information content (AvgIpc) is 2.77. The number of amides is 1. The first-order valence-electron chi connectivity index (χ1n) is 10.4. The minimum Gasteiger partial charge on any atom is -0.369 e. The van der Waals surface area contributed by atoms with Gasteiger partial charge in [-0.05, 0) is 16.7 Å². The van der Waals surface area contributed by atoms with Crippen molar-refractivity contribution in [2.45, 2.75) is 37.8 Å². The second kappa shape index (κ2) is 9.34. The van der Waals surface area contributed by atoms with Crippen LogP contribution in [0.4, 0.5) is 26.3 Å². The number of piperazine rings is 1. The summed E-state index contributed by atoms with van der Waals surface area (Å²) in [5, 5.41) is 9.49. The number of hydrogen-bond donors (Lipinski definition) is 1. The van der Waals surface area contributed by atoms with E-state index in [9.17, 15) is 36.2 Å². The molecule has 1 amide bonds. The Labute approximate surface area is 187 Å². The predicted octanol–water partition coefficient (Wildman–Crippen LogP) is 4.72. The van der Waals surface area contributed by atoms with Crippen LogP contribution < -0.4 is 0 Å². The highest BCUT2D eigenvalue weighted by Crippen LogP contribution is 2.50. The van der Waals surface area contributed by atoms with Gasteiger partial charge in [0.05, 0.1) is 0 Å². The van der Waals surface area contributed by atoms with Crippen molar-refractivity contribution < 1.29 is 36.2 Å². The van der Waals surface area contributed by atoms with Gasteiger partial charge >= 0.3 is 12.4 Å². The maximum absolute atomic E-state index is 13.0. The molecule has 0 spiro atoms. The van der Waals surface area contributed by atoms with E-state index >= 15 is 0 Å². The standard InChI is InChI=1S/C23H24F6N2O2/c1-2-20(32)31-13-11-30(12-14-31)15-16-3-5-17(6-4-16)18-7-9-19(10-8-18)21(33,22(24,25)26)23(27,28)29/h3-10,33H,2,11-15H2,1H3. The number of benzene rings is 2. The SMILES string of the molecule is CCC(=O)N1CCN(Cc2ccc(-c3ccc(C(O)(C(F)(F)F)C(F)(F)F)cc3)cc2)CC1. The topological polar surface area (TPSA) is 43.8 Å². The first kappa shape index (κ1) is 25.0. The Morgan fingerprint density at radius 1 is 0.818 bits per heavy atom. The van der Waals surface area contributed by atoms with Crippen LogP contribution in [0, 0.1) is 0 Å². The number of alkyl halides is 6. The molecule has 10 heteroatoms. The zero-order valence-electron chi connectivity index (χ0n) is 17.9. The molecule has 1 fully saturated rings. The van der Waals surface area contributed by atoms with Gasteiger partial charge in [0.25, 0.3) is 5.60 Å². The van der Waals surface area contributed by atoms with Gasteiger partial charge in [-0.15, -0.1) is 0 Å². The van der Waals surface area contributed by atoms with E-state index < -0.39 is 23.5 Å². The average molecular weight is 474 g/mol. The fraction of sp³-hybridized carbons (Fsp3) is 0.435. The van der Waals surface area contributed by atoms with Gasteiger partial charge in [-0.2, -0.15) is 26.3 Å². The third kappa shape index (κ3) is 5.16. The Hall–Kier alpha value is -2.59. The van der Waals surface area contributed by atoms with Crippen LogP contribution >= 0.6 is 0 Å². The molecule has 1 saturated heterocycles. The molecule has 0 atom stereocenters. The van der Waals surface area contributed by atoms with Crippen LogP contribution in [-0.4, -0.2) is 59.3 Å². The quantitative estimate of drug-likeness (QED) is 0.638. The number of rotatable bonds is 5. The first-order chi connectivity index (χ1) is 15.4. The lowest BCUT2D eigenvalue weighted by molar-refractivity contribution is -0.376. The van der Waals surface area contributed by atoms with E-state index in [0.29, 0.717) is 49.3 Å². The molecule has 1 aliphatic heterocycles. The summed E-state index contributed by atoms with van der Waals surface area (Å²) in [6.45, 7) is 5.32. The number of hydrogen-bond acceptors (Lipinski definition) is 3.